The molecule has 0 radical (unpaired) electrons. The molecule has 2 rings (SSSR count). The highest BCUT2D eigenvalue weighted by Gasteiger charge is 2.34. The second-order valence-electron chi connectivity index (χ2n) is 5.62. The second-order valence-corrected chi connectivity index (χ2v) is 7.98. The van der Waals surface area contributed by atoms with Crippen molar-refractivity contribution in [2.75, 3.05) is 0 Å². The van der Waals surface area contributed by atoms with E-state index in [1.54, 1.807) is 0 Å². The standard InChI is InChI=1S/C17H12Cl3N3O5/c18-17(19,20)16(21-10-11-1-5-13(6-2-11)22(25)26)9-15(24)12-3-7-14(8-4-12)23(27)28/h1-8,10,16H,9H2/t16-/m0/s1. The summed E-state index contributed by atoms with van der Waals surface area (Å²) in [5.41, 5.74) is 0.511. The van der Waals surface area contributed by atoms with Crippen LogP contribution < -0.4 is 0 Å². The van der Waals surface area contributed by atoms with Gasteiger partial charge in [-0.25, -0.2) is 0 Å². The molecule has 0 aromatic heterocycles. The number of carbonyl (C=O) groups is 1. The summed E-state index contributed by atoms with van der Waals surface area (Å²) in [4.78, 5) is 36.8. The van der Waals surface area contributed by atoms with Gasteiger partial charge >= 0.3 is 0 Å². The van der Waals surface area contributed by atoms with Crippen molar-refractivity contribution in [2.24, 2.45) is 4.99 Å². The number of rotatable bonds is 7. The van der Waals surface area contributed by atoms with Crippen LogP contribution in [0.4, 0.5) is 11.4 Å². The first-order valence-electron chi connectivity index (χ1n) is 7.70. The number of halogens is 3. The molecule has 0 N–H and O–H groups in total. The summed E-state index contributed by atoms with van der Waals surface area (Å²) in [5.74, 6) is -0.410. The molecule has 0 fully saturated rings. The van der Waals surface area contributed by atoms with Gasteiger partial charge in [0.05, 0.1) is 9.85 Å². The molecule has 2 aromatic carbocycles. The summed E-state index contributed by atoms with van der Waals surface area (Å²) >= 11 is 17.8. The van der Waals surface area contributed by atoms with Gasteiger partial charge in [-0.1, -0.05) is 34.8 Å². The molecular weight excluding hydrogens is 433 g/mol. The molecule has 0 bridgehead atoms. The van der Waals surface area contributed by atoms with Crippen molar-refractivity contribution in [1.29, 1.82) is 0 Å². The van der Waals surface area contributed by atoms with Crippen molar-refractivity contribution in [3.8, 4) is 0 Å². The third kappa shape index (κ3) is 5.98. The fraction of sp³-hybridized carbons (Fsp3) is 0.176. The van der Waals surface area contributed by atoms with E-state index in [1.165, 1.54) is 54.7 Å². The average Bonchev–Trinajstić information content (AvgIpc) is 2.64. The molecule has 0 amide bonds. The first kappa shape index (κ1) is 21.7. The van der Waals surface area contributed by atoms with Gasteiger partial charge in [0.1, 0.15) is 6.04 Å². The van der Waals surface area contributed by atoms with Gasteiger partial charge in [-0.2, -0.15) is 0 Å². The van der Waals surface area contributed by atoms with Gasteiger partial charge in [0, 0.05) is 42.5 Å². The lowest BCUT2D eigenvalue weighted by Crippen LogP contribution is -2.27. The number of ketones is 1. The molecule has 0 spiro atoms. The largest absolute Gasteiger partial charge is 0.294 e. The summed E-state index contributed by atoms with van der Waals surface area (Å²) in [7, 11) is 0. The Bertz CT molecular complexity index is 909. The zero-order chi connectivity index (χ0) is 20.9. The number of nitro groups is 2. The van der Waals surface area contributed by atoms with Crippen molar-refractivity contribution in [2.45, 2.75) is 16.3 Å². The highest BCUT2D eigenvalue weighted by molar-refractivity contribution is 6.68. The first-order valence-corrected chi connectivity index (χ1v) is 8.83. The maximum absolute atomic E-state index is 12.4. The zero-order valence-electron chi connectivity index (χ0n) is 14.0. The molecule has 0 saturated heterocycles. The van der Waals surface area contributed by atoms with Gasteiger partial charge in [-0.05, 0) is 29.8 Å². The van der Waals surface area contributed by atoms with Crippen LogP contribution in [0.25, 0.3) is 0 Å². The Labute approximate surface area is 174 Å². The van der Waals surface area contributed by atoms with Gasteiger partial charge < -0.3 is 0 Å². The van der Waals surface area contributed by atoms with Crippen molar-refractivity contribution < 1.29 is 14.6 Å². The Hall–Kier alpha value is -2.55. The van der Waals surface area contributed by atoms with Crippen LogP contribution in [0.3, 0.4) is 0 Å². The maximum Gasteiger partial charge on any atom is 0.269 e. The Balaban J connectivity index is 2.16. The van der Waals surface area contributed by atoms with Crippen molar-refractivity contribution in [3.63, 3.8) is 0 Å². The third-order valence-corrected chi connectivity index (χ3v) is 4.42. The Morgan fingerprint density at radius 1 is 0.964 bits per heavy atom. The normalized spacial score (nSPS) is 12.7. The number of Topliss-reactive ketones (excluding diaryl/α,β-unsaturated/α-hetero) is 1. The maximum atomic E-state index is 12.4. The molecule has 0 saturated carbocycles. The van der Waals surface area contributed by atoms with Gasteiger partial charge in [-0.3, -0.25) is 30.0 Å². The van der Waals surface area contributed by atoms with Crippen molar-refractivity contribution in [1.82, 2.24) is 0 Å². The van der Waals surface area contributed by atoms with Gasteiger partial charge in [0.25, 0.3) is 11.4 Å². The first-order chi connectivity index (χ1) is 13.1. The van der Waals surface area contributed by atoms with Crippen LogP contribution >= 0.6 is 34.8 Å². The molecule has 0 aliphatic carbocycles. The number of benzene rings is 2. The number of alkyl halides is 3. The van der Waals surface area contributed by atoms with Crippen LogP contribution in [-0.4, -0.2) is 31.7 Å². The topological polar surface area (TPSA) is 116 Å². The molecule has 28 heavy (non-hydrogen) atoms. The van der Waals surface area contributed by atoms with Crippen LogP contribution in [0.2, 0.25) is 0 Å². The number of hydrogen-bond donors (Lipinski definition) is 0. The third-order valence-electron chi connectivity index (χ3n) is 3.66. The molecule has 8 nitrogen and oxygen atoms in total. The van der Waals surface area contributed by atoms with E-state index in [9.17, 15) is 25.0 Å². The Morgan fingerprint density at radius 3 is 1.86 bits per heavy atom. The summed E-state index contributed by atoms with van der Waals surface area (Å²) in [6.07, 6.45) is 1.09. The molecular formula is C17H12Cl3N3O5. The predicted molar refractivity (Wildman–Crippen MR) is 107 cm³/mol. The number of hydrogen-bond acceptors (Lipinski definition) is 6. The summed E-state index contributed by atoms with van der Waals surface area (Å²) in [6.45, 7) is 0. The summed E-state index contributed by atoms with van der Waals surface area (Å²) in [6, 6.07) is 9.54. The fourth-order valence-electron chi connectivity index (χ4n) is 2.17. The highest BCUT2D eigenvalue weighted by Crippen LogP contribution is 2.35. The predicted octanol–water partition coefficient (Wildman–Crippen LogP) is 4.93. The molecule has 0 unspecified atom stereocenters. The molecule has 0 heterocycles. The molecule has 11 heteroatoms. The van der Waals surface area contributed by atoms with E-state index in [4.69, 9.17) is 34.8 Å². The zero-order valence-corrected chi connectivity index (χ0v) is 16.3. The van der Waals surface area contributed by atoms with E-state index in [-0.39, 0.29) is 23.4 Å². The van der Waals surface area contributed by atoms with Gasteiger partial charge in [0.2, 0.25) is 3.79 Å². The van der Waals surface area contributed by atoms with Crippen LogP contribution in [-0.2, 0) is 0 Å². The van der Waals surface area contributed by atoms with E-state index >= 15 is 0 Å². The molecule has 146 valence electrons. The number of aliphatic imine (C=N–C) groups is 1. The monoisotopic (exact) mass is 443 g/mol. The number of nitro benzene ring substituents is 2. The van der Waals surface area contributed by atoms with Crippen LogP contribution in [0.5, 0.6) is 0 Å². The number of carbonyl (C=O) groups excluding carboxylic acids is 1. The van der Waals surface area contributed by atoms with Crippen LogP contribution in [0.1, 0.15) is 22.3 Å². The lowest BCUT2D eigenvalue weighted by atomic mass is 10.0. The molecule has 1 atom stereocenters. The van der Waals surface area contributed by atoms with Crippen LogP contribution in [0.15, 0.2) is 53.5 Å². The minimum atomic E-state index is -1.88. The molecule has 2 aromatic rings. The average molecular weight is 445 g/mol. The smallest absolute Gasteiger partial charge is 0.269 e. The van der Waals surface area contributed by atoms with Gasteiger partial charge in [0.15, 0.2) is 5.78 Å². The van der Waals surface area contributed by atoms with Crippen LogP contribution in [0, 0.1) is 20.2 Å². The lowest BCUT2D eigenvalue weighted by molar-refractivity contribution is -0.385. The van der Waals surface area contributed by atoms with E-state index in [0.717, 1.165) is 0 Å². The Kier molecular flexibility index (Phi) is 7.06. The van der Waals surface area contributed by atoms with Crippen molar-refractivity contribution >= 4 is 58.2 Å². The summed E-state index contributed by atoms with van der Waals surface area (Å²) < 4.78 is -1.88. The lowest BCUT2D eigenvalue weighted by Gasteiger charge is -2.19. The molecule has 0 aliphatic heterocycles. The fourth-order valence-corrected chi connectivity index (χ4v) is 2.57. The summed E-state index contributed by atoms with van der Waals surface area (Å²) in [5, 5.41) is 21.4. The van der Waals surface area contributed by atoms with E-state index in [0.29, 0.717) is 5.56 Å². The minimum Gasteiger partial charge on any atom is -0.294 e. The molecule has 0 aliphatic rings. The Morgan fingerprint density at radius 2 is 1.43 bits per heavy atom. The minimum absolute atomic E-state index is 0.0802. The number of nitrogens with zero attached hydrogens (tertiary/aromatic N) is 3. The van der Waals surface area contributed by atoms with E-state index in [2.05, 4.69) is 4.99 Å². The van der Waals surface area contributed by atoms with Crippen molar-refractivity contribution in [3.05, 3.63) is 79.9 Å². The van der Waals surface area contributed by atoms with E-state index in [1.807, 2.05) is 0 Å². The highest BCUT2D eigenvalue weighted by atomic mass is 35.6. The second kappa shape index (κ2) is 9.09. The van der Waals surface area contributed by atoms with E-state index < -0.39 is 25.5 Å². The quantitative estimate of drug-likeness (QED) is 0.197. The SMILES string of the molecule is O=C(C[C@H](N=Cc1ccc([N+](=O)[O-])cc1)C(Cl)(Cl)Cl)c1ccc([N+](=O)[O-])cc1. The van der Waals surface area contributed by atoms with Gasteiger partial charge in [-0.15, -0.1) is 0 Å². The number of non-ortho nitro benzene ring substituents is 2.